The van der Waals surface area contributed by atoms with Crippen LogP contribution in [-0.4, -0.2) is 49.5 Å². The second-order valence-corrected chi connectivity index (χ2v) is 8.31. The first-order chi connectivity index (χ1) is 11.8. The van der Waals surface area contributed by atoms with Gasteiger partial charge in [-0.05, 0) is 43.5 Å². The van der Waals surface area contributed by atoms with Crippen molar-refractivity contribution in [3.8, 4) is 11.5 Å². The van der Waals surface area contributed by atoms with Crippen LogP contribution in [0.15, 0.2) is 18.2 Å². The number of methoxy groups -OCH3 is 1. The van der Waals surface area contributed by atoms with Gasteiger partial charge in [0, 0.05) is 18.2 Å². The molecular weight excluding hydrogens is 314 g/mol. The fourth-order valence-electron chi connectivity index (χ4n) is 3.59. The van der Waals surface area contributed by atoms with Gasteiger partial charge in [0.15, 0.2) is 0 Å². The van der Waals surface area contributed by atoms with Crippen molar-refractivity contribution >= 4 is 0 Å². The Kier molecular flexibility index (Phi) is 7.14. The molecule has 0 radical (unpaired) electrons. The zero-order chi connectivity index (χ0) is 18.4. The summed E-state index contributed by atoms with van der Waals surface area (Å²) in [5.41, 5.74) is 1.05. The second kappa shape index (κ2) is 8.91. The van der Waals surface area contributed by atoms with Crippen molar-refractivity contribution in [3.05, 3.63) is 23.8 Å². The summed E-state index contributed by atoms with van der Waals surface area (Å²) in [5, 5.41) is 10.4. The Morgan fingerprint density at radius 2 is 1.88 bits per heavy atom. The second-order valence-electron chi connectivity index (χ2n) is 8.31. The highest BCUT2D eigenvalue weighted by Crippen LogP contribution is 2.34. The van der Waals surface area contributed by atoms with E-state index in [0.717, 1.165) is 17.1 Å². The number of rotatable bonds is 7. The summed E-state index contributed by atoms with van der Waals surface area (Å²) in [4.78, 5) is 2.30. The summed E-state index contributed by atoms with van der Waals surface area (Å²) >= 11 is 0. The van der Waals surface area contributed by atoms with Gasteiger partial charge in [-0.15, -0.1) is 0 Å². The maximum absolute atomic E-state index is 10.4. The van der Waals surface area contributed by atoms with Gasteiger partial charge in [0.1, 0.15) is 24.2 Å². The van der Waals surface area contributed by atoms with E-state index in [9.17, 15) is 5.11 Å². The summed E-state index contributed by atoms with van der Waals surface area (Å²) < 4.78 is 11.3. The molecule has 4 heteroatoms. The van der Waals surface area contributed by atoms with Crippen molar-refractivity contribution < 1.29 is 14.6 Å². The van der Waals surface area contributed by atoms with E-state index in [-0.39, 0.29) is 5.41 Å². The van der Waals surface area contributed by atoms with Gasteiger partial charge in [-0.3, -0.25) is 0 Å². The summed E-state index contributed by atoms with van der Waals surface area (Å²) in [6.07, 6.45) is 5.98. The number of nitrogens with zero attached hydrogens (tertiary/aromatic N) is 1. The lowest BCUT2D eigenvalue weighted by Gasteiger charge is -2.32. The Balaban J connectivity index is 1.93. The van der Waals surface area contributed by atoms with Crippen LogP contribution in [0.3, 0.4) is 0 Å². The molecule has 0 spiro atoms. The van der Waals surface area contributed by atoms with E-state index < -0.39 is 6.10 Å². The quantitative estimate of drug-likeness (QED) is 0.808. The molecule has 1 aliphatic rings. The maximum Gasteiger partial charge on any atom is 0.123 e. The van der Waals surface area contributed by atoms with Crippen molar-refractivity contribution in [2.24, 2.45) is 0 Å². The van der Waals surface area contributed by atoms with E-state index in [1.807, 2.05) is 18.2 Å². The van der Waals surface area contributed by atoms with Gasteiger partial charge in [0.25, 0.3) is 0 Å². The molecule has 0 heterocycles. The fourth-order valence-corrected chi connectivity index (χ4v) is 3.59. The number of likely N-dealkylation sites (N-methyl/N-ethyl adjacent to an activating group) is 1. The molecule has 0 amide bonds. The number of aliphatic hydroxyl groups excluding tert-OH is 1. The number of benzene rings is 1. The molecule has 25 heavy (non-hydrogen) atoms. The standard InChI is InChI=1S/C21H35NO3/c1-21(2,3)19-13-18(24-5)11-12-20(19)25-15-17(23)14-22(4)16-9-7-6-8-10-16/h11-13,16-17,23H,6-10,14-15H2,1-5H3. The predicted octanol–water partition coefficient (Wildman–Crippen LogP) is 4.00. The van der Waals surface area contributed by atoms with Crippen molar-refractivity contribution in [1.29, 1.82) is 0 Å². The molecule has 2 rings (SSSR count). The Morgan fingerprint density at radius 1 is 1.20 bits per heavy atom. The number of hydrogen-bond acceptors (Lipinski definition) is 4. The SMILES string of the molecule is COc1ccc(OCC(O)CN(C)C2CCCCC2)c(C(C)(C)C)c1. The number of aliphatic hydroxyl groups is 1. The average molecular weight is 350 g/mol. The minimum absolute atomic E-state index is 0.0479. The summed E-state index contributed by atoms with van der Waals surface area (Å²) in [6, 6.07) is 6.48. The van der Waals surface area contributed by atoms with Crippen LogP contribution in [0.2, 0.25) is 0 Å². The molecule has 0 aromatic heterocycles. The topological polar surface area (TPSA) is 41.9 Å². The highest BCUT2D eigenvalue weighted by molar-refractivity contribution is 5.44. The molecule has 142 valence electrons. The Hall–Kier alpha value is -1.26. The summed E-state index contributed by atoms with van der Waals surface area (Å²) in [7, 11) is 3.79. The lowest BCUT2D eigenvalue weighted by molar-refractivity contribution is 0.0556. The van der Waals surface area contributed by atoms with Crippen molar-refractivity contribution in [2.45, 2.75) is 70.4 Å². The monoisotopic (exact) mass is 349 g/mol. The number of ether oxygens (including phenoxy) is 2. The third-order valence-electron chi connectivity index (χ3n) is 5.12. The molecular formula is C21H35NO3. The lowest BCUT2D eigenvalue weighted by atomic mass is 9.86. The Morgan fingerprint density at radius 3 is 2.48 bits per heavy atom. The summed E-state index contributed by atoms with van der Waals surface area (Å²) in [6.45, 7) is 7.43. The number of hydrogen-bond donors (Lipinski definition) is 1. The molecule has 0 saturated heterocycles. The van der Waals surface area contributed by atoms with Gasteiger partial charge in [-0.1, -0.05) is 40.0 Å². The molecule has 4 nitrogen and oxygen atoms in total. The predicted molar refractivity (Wildman–Crippen MR) is 103 cm³/mol. The van der Waals surface area contributed by atoms with Gasteiger partial charge < -0.3 is 19.5 Å². The fraction of sp³-hybridized carbons (Fsp3) is 0.714. The first kappa shape index (κ1) is 20.1. The van der Waals surface area contributed by atoms with Gasteiger partial charge in [0.2, 0.25) is 0 Å². The van der Waals surface area contributed by atoms with Crippen LogP contribution in [0.25, 0.3) is 0 Å². The maximum atomic E-state index is 10.4. The minimum atomic E-state index is -0.484. The van der Waals surface area contributed by atoms with Crippen LogP contribution in [0.5, 0.6) is 11.5 Å². The Bertz CT molecular complexity index is 532. The van der Waals surface area contributed by atoms with E-state index in [0.29, 0.717) is 19.2 Å². The van der Waals surface area contributed by atoms with Crippen molar-refractivity contribution in [1.82, 2.24) is 4.90 Å². The van der Waals surface area contributed by atoms with Gasteiger partial charge in [0.05, 0.1) is 7.11 Å². The van der Waals surface area contributed by atoms with Crippen LogP contribution < -0.4 is 9.47 Å². The van der Waals surface area contributed by atoms with Crippen LogP contribution in [0, 0.1) is 0 Å². The van der Waals surface area contributed by atoms with Gasteiger partial charge in [-0.2, -0.15) is 0 Å². The molecule has 0 bridgehead atoms. The first-order valence-electron chi connectivity index (χ1n) is 9.51. The van der Waals surface area contributed by atoms with Crippen LogP contribution in [0.1, 0.15) is 58.4 Å². The molecule has 1 unspecified atom stereocenters. The van der Waals surface area contributed by atoms with Gasteiger partial charge in [-0.25, -0.2) is 0 Å². The van der Waals surface area contributed by atoms with E-state index >= 15 is 0 Å². The minimum Gasteiger partial charge on any atom is -0.497 e. The highest BCUT2D eigenvalue weighted by Gasteiger charge is 2.22. The molecule has 1 aliphatic carbocycles. The third-order valence-corrected chi connectivity index (χ3v) is 5.12. The van der Waals surface area contributed by atoms with E-state index in [1.165, 1.54) is 32.1 Å². The zero-order valence-corrected chi connectivity index (χ0v) is 16.5. The van der Waals surface area contributed by atoms with Crippen LogP contribution >= 0.6 is 0 Å². The smallest absolute Gasteiger partial charge is 0.123 e. The average Bonchev–Trinajstić information content (AvgIpc) is 2.59. The summed E-state index contributed by atoms with van der Waals surface area (Å²) in [5.74, 6) is 1.66. The first-order valence-corrected chi connectivity index (χ1v) is 9.51. The molecule has 1 aromatic carbocycles. The molecule has 1 aromatic rings. The molecule has 0 aliphatic heterocycles. The zero-order valence-electron chi connectivity index (χ0n) is 16.5. The molecule has 1 saturated carbocycles. The molecule has 1 N–H and O–H groups in total. The normalized spacial score (nSPS) is 17.6. The molecule has 1 atom stereocenters. The van der Waals surface area contributed by atoms with Crippen molar-refractivity contribution in [3.63, 3.8) is 0 Å². The van der Waals surface area contributed by atoms with Gasteiger partial charge >= 0.3 is 0 Å². The van der Waals surface area contributed by atoms with Crippen LogP contribution in [-0.2, 0) is 5.41 Å². The van der Waals surface area contributed by atoms with Crippen LogP contribution in [0.4, 0.5) is 0 Å². The molecule has 1 fully saturated rings. The van der Waals surface area contributed by atoms with E-state index in [2.05, 4.69) is 32.7 Å². The van der Waals surface area contributed by atoms with Crippen molar-refractivity contribution in [2.75, 3.05) is 27.3 Å². The van der Waals surface area contributed by atoms with E-state index in [4.69, 9.17) is 9.47 Å². The largest absolute Gasteiger partial charge is 0.497 e. The lowest BCUT2D eigenvalue weighted by Crippen LogP contribution is -2.40. The Labute approximate surface area is 153 Å². The highest BCUT2D eigenvalue weighted by atomic mass is 16.5. The third kappa shape index (κ3) is 5.89. The van der Waals surface area contributed by atoms with E-state index in [1.54, 1.807) is 7.11 Å².